The van der Waals surface area contributed by atoms with Crippen molar-refractivity contribution in [2.24, 2.45) is 0 Å². The van der Waals surface area contributed by atoms with Gasteiger partial charge in [-0.05, 0) is 0 Å². The second-order valence-electron chi connectivity index (χ2n) is 3.36. The van der Waals surface area contributed by atoms with Crippen LogP contribution in [0, 0.1) is 11.3 Å². The Morgan fingerprint density at radius 1 is 1.42 bits per heavy atom. The predicted octanol–water partition coefficient (Wildman–Crippen LogP) is -1.73. The maximum atomic E-state index is 11.3. The molecule has 19 heavy (non-hydrogen) atoms. The third-order valence-electron chi connectivity index (χ3n) is 1.83. The largest absolute Gasteiger partial charge is 0.481 e. The van der Waals surface area contributed by atoms with Crippen LogP contribution < -0.4 is 16.0 Å². The summed E-state index contributed by atoms with van der Waals surface area (Å²) >= 11 is 0. The number of aliphatic hydroxyl groups excluding tert-OH is 1. The first-order valence-corrected chi connectivity index (χ1v) is 5.17. The van der Waals surface area contributed by atoms with Crippen LogP contribution in [0.2, 0.25) is 0 Å². The number of nitriles is 1. The van der Waals surface area contributed by atoms with Crippen LogP contribution in [0.4, 0.5) is 4.79 Å². The molecule has 5 N–H and O–H groups in total. The number of imide groups is 1. The van der Waals surface area contributed by atoms with Gasteiger partial charge in [0.1, 0.15) is 11.6 Å². The van der Waals surface area contributed by atoms with Gasteiger partial charge in [0, 0.05) is 19.8 Å². The lowest BCUT2D eigenvalue weighted by Gasteiger charge is -2.07. The van der Waals surface area contributed by atoms with Gasteiger partial charge in [-0.25, -0.2) is 4.79 Å². The molecule has 0 saturated carbocycles. The highest BCUT2D eigenvalue weighted by Crippen LogP contribution is 1.93. The molecule has 0 aromatic heterocycles. The normalized spacial score (nSPS) is 11.9. The number of aliphatic carboxylic acids is 1. The number of hydrogen-bond acceptors (Lipinski definition) is 6. The van der Waals surface area contributed by atoms with Gasteiger partial charge >= 0.3 is 12.0 Å². The molecule has 0 bridgehead atoms. The molecule has 0 aliphatic rings. The summed E-state index contributed by atoms with van der Waals surface area (Å²) in [5, 5.41) is 32.7. The molecule has 0 radical (unpaired) electrons. The minimum atomic E-state index is -1.17. The average Bonchev–Trinajstić information content (AvgIpc) is 2.33. The Morgan fingerprint density at radius 2 is 2.05 bits per heavy atom. The number of urea groups is 1. The summed E-state index contributed by atoms with van der Waals surface area (Å²) in [5.74, 6) is -2.08. The molecule has 0 spiro atoms. The molecular weight excluding hydrogens is 256 g/mol. The van der Waals surface area contributed by atoms with Crippen molar-refractivity contribution in [2.75, 3.05) is 13.6 Å². The van der Waals surface area contributed by atoms with Gasteiger partial charge in [0.05, 0.1) is 12.5 Å². The molecule has 104 valence electrons. The second kappa shape index (κ2) is 8.48. The summed E-state index contributed by atoms with van der Waals surface area (Å²) in [6, 6.07) is 0.788. The number of amides is 3. The molecule has 0 aromatic carbocycles. The van der Waals surface area contributed by atoms with E-state index in [0.29, 0.717) is 0 Å². The van der Waals surface area contributed by atoms with Gasteiger partial charge in [-0.2, -0.15) is 5.26 Å². The maximum Gasteiger partial charge on any atom is 0.321 e. The second-order valence-corrected chi connectivity index (χ2v) is 3.36. The van der Waals surface area contributed by atoms with Crippen LogP contribution in [0.5, 0.6) is 0 Å². The van der Waals surface area contributed by atoms with Crippen LogP contribution in [-0.4, -0.2) is 47.8 Å². The third kappa shape index (κ3) is 7.35. The zero-order valence-corrected chi connectivity index (χ0v) is 10.1. The lowest BCUT2D eigenvalue weighted by Crippen LogP contribution is -2.38. The zero-order chi connectivity index (χ0) is 14.8. The van der Waals surface area contributed by atoms with E-state index in [4.69, 9.17) is 10.4 Å². The minimum absolute atomic E-state index is 0.148. The van der Waals surface area contributed by atoms with Crippen LogP contribution in [-0.2, 0) is 9.59 Å². The monoisotopic (exact) mass is 270 g/mol. The average molecular weight is 270 g/mol. The van der Waals surface area contributed by atoms with Gasteiger partial charge in [0.15, 0.2) is 0 Å². The van der Waals surface area contributed by atoms with Crippen molar-refractivity contribution < 1.29 is 24.6 Å². The van der Waals surface area contributed by atoms with Gasteiger partial charge in [-0.1, -0.05) is 0 Å². The van der Waals surface area contributed by atoms with Gasteiger partial charge < -0.3 is 20.8 Å². The van der Waals surface area contributed by atoms with Crippen LogP contribution in [0.25, 0.3) is 0 Å². The number of carbonyl (C=O) groups excluding carboxylic acids is 2. The number of carboxylic acid groups (broad SMARTS) is 1. The Balaban J connectivity index is 4.34. The van der Waals surface area contributed by atoms with Crippen molar-refractivity contribution in [2.45, 2.75) is 12.5 Å². The number of hydrogen-bond donors (Lipinski definition) is 5. The summed E-state index contributed by atoms with van der Waals surface area (Å²) in [5.41, 5.74) is -0.383. The van der Waals surface area contributed by atoms with Crippen LogP contribution >= 0.6 is 0 Å². The van der Waals surface area contributed by atoms with E-state index < -0.39 is 30.4 Å². The van der Waals surface area contributed by atoms with E-state index in [9.17, 15) is 19.5 Å². The number of carboxylic acids is 1. The summed E-state index contributed by atoms with van der Waals surface area (Å²) in [7, 11) is 1.30. The summed E-state index contributed by atoms with van der Waals surface area (Å²) in [6.07, 6.45) is -0.632. The predicted molar refractivity (Wildman–Crippen MR) is 62.6 cm³/mol. The van der Waals surface area contributed by atoms with Crippen molar-refractivity contribution in [1.82, 2.24) is 16.0 Å². The molecule has 0 unspecified atom stereocenters. The summed E-state index contributed by atoms with van der Waals surface area (Å²) in [4.78, 5) is 32.4. The smallest absolute Gasteiger partial charge is 0.321 e. The Hall–Kier alpha value is -2.60. The van der Waals surface area contributed by atoms with E-state index in [-0.39, 0.29) is 12.1 Å². The first-order valence-electron chi connectivity index (χ1n) is 5.17. The molecule has 1 atom stereocenters. The number of nitrogens with one attached hydrogen (secondary N) is 3. The van der Waals surface area contributed by atoms with E-state index in [0.717, 1.165) is 6.20 Å². The molecule has 3 amide bonds. The molecule has 0 aliphatic carbocycles. The Kier molecular flexibility index (Phi) is 7.32. The lowest BCUT2D eigenvalue weighted by atomic mass is 10.2. The third-order valence-corrected chi connectivity index (χ3v) is 1.83. The van der Waals surface area contributed by atoms with Crippen LogP contribution in [0.3, 0.4) is 0 Å². The first kappa shape index (κ1) is 16.4. The minimum Gasteiger partial charge on any atom is -0.481 e. The topological polar surface area (TPSA) is 152 Å². The highest BCUT2D eigenvalue weighted by molar-refractivity contribution is 6.05. The highest BCUT2D eigenvalue weighted by atomic mass is 16.4. The Bertz CT molecular complexity index is 426. The standard InChI is InChI=1S/C10H14N4O5/c1-12-10(19)14-9(18)6(3-11)4-13-5-7(15)2-8(16)17/h4,7,13,15H,2,5H2,1H3,(H,16,17)(H2,12,14,18,19)/b6-4+/t7-/m1/s1. The molecule has 0 aliphatic heterocycles. The van der Waals surface area contributed by atoms with Crippen molar-refractivity contribution >= 4 is 17.9 Å². The van der Waals surface area contributed by atoms with Gasteiger partial charge in [0.2, 0.25) is 0 Å². The Labute approximate surface area is 108 Å². The molecule has 9 nitrogen and oxygen atoms in total. The Morgan fingerprint density at radius 3 is 2.53 bits per heavy atom. The van der Waals surface area contributed by atoms with Crippen molar-refractivity contribution in [3.8, 4) is 6.07 Å². The molecule has 9 heteroatoms. The van der Waals surface area contributed by atoms with E-state index in [2.05, 4.69) is 10.6 Å². The van der Waals surface area contributed by atoms with Crippen molar-refractivity contribution in [3.05, 3.63) is 11.8 Å². The first-order chi connectivity index (χ1) is 8.90. The van der Waals surface area contributed by atoms with Gasteiger partial charge in [-0.3, -0.25) is 14.9 Å². The fourth-order valence-corrected chi connectivity index (χ4v) is 0.952. The molecule has 0 fully saturated rings. The van der Waals surface area contributed by atoms with E-state index in [1.807, 2.05) is 5.32 Å². The molecule has 0 heterocycles. The van der Waals surface area contributed by atoms with E-state index in [1.54, 1.807) is 6.07 Å². The number of nitrogens with zero attached hydrogens (tertiary/aromatic N) is 1. The van der Waals surface area contributed by atoms with Gasteiger partial charge in [0.25, 0.3) is 5.91 Å². The van der Waals surface area contributed by atoms with Crippen molar-refractivity contribution in [1.29, 1.82) is 5.26 Å². The van der Waals surface area contributed by atoms with Crippen LogP contribution in [0.15, 0.2) is 11.8 Å². The highest BCUT2D eigenvalue weighted by Gasteiger charge is 2.12. The van der Waals surface area contributed by atoms with E-state index in [1.165, 1.54) is 7.05 Å². The van der Waals surface area contributed by atoms with Gasteiger partial charge in [-0.15, -0.1) is 0 Å². The number of carbonyl (C=O) groups is 3. The molecule has 0 rings (SSSR count). The summed E-state index contributed by atoms with van der Waals surface area (Å²) < 4.78 is 0. The molecular formula is C10H14N4O5. The number of aliphatic hydroxyl groups is 1. The van der Waals surface area contributed by atoms with Crippen molar-refractivity contribution in [3.63, 3.8) is 0 Å². The molecule has 0 aromatic rings. The quantitative estimate of drug-likeness (QED) is 0.284. The lowest BCUT2D eigenvalue weighted by molar-refractivity contribution is -0.139. The van der Waals surface area contributed by atoms with Crippen LogP contribution in [0.1, 0.15) is 6.42 Å². The molecule has 0 saturated heterocycles. The number of rotatable bonds is 6. The zero-order valence-electron chi connectivity index (χ0n) is 10.1. The summed E-state index contributed by atoms with van der Waals surface area (Å²) in [6.45, 7) is -0.148. The SMILES string of the molecule is CNC(=O)NC(=O)/C(C#N)=C/NC[C@H](O)CC(=O)O. The fourth-order valence-electron chi connectivity index (χ4n) is 0.952. The fraction of sp³-hybridized carbons (Fsp3) is 0.400. The van der Waals surface area contributed by atoms with E-state index >= 15 is 0 Å². The maximum absolute atomic E-state index is 11.3.